The summed E-state index contributed by atoms with van der Waals surface area (Å²) in [6.45, 7) is 3.64. The summed E-state index contributed by atoms with van der Waals surface area (Å²) in [5.41, 5.74) is 1.06. The minimum Gasteiger partial charge on any atom is -0.322 e. The largest absolute Gasteiger partial charge is 0.322 e. The molecule has 0 aliphatic rings. The lowest BCUT2D eigenvalue weighted by Gasteiger charge is -2.21. The van der Waals surface area contributed by atoms with E-state index in [0.717, 1.165) is 5.56 Å². The van der Waals surface area contributed by atoms with Gasteiger partial charge >= 0.3 is 0 Å². The van der Waals surface area contributed by atoms with E-state index >= 15 is 0 Å². The number of nitrogens with one attached hydrogen (secondary N) is 2. The van der Waals surface area contributed by atoms with Crippen molar-refractivity contribution in [3.8, 4) is 0 Å². The van der Waals surface area contributed by atoms with Crippen LogP contribution in [0.5, 0.6) is 0 Å². The summed E-state index contributed by atoms with van der Waals surface area (Å²) in [7, 11) is 0. The van der Waals surface area contributed by atoms with E-state index in [-0.39, 0.29) is 17.6 Å². The Labute approximate surface area is 148 Å². The average Bonchev–Trinajstić information content (AvgIpc) is 2.50. The number of carbonyl (C=O) groups excluding carboxylic acids is 1. The Kier molecular flexibility index (Phi) is 6.16. The smallest absolute Gasteiger partial charge is 0.241 e. The van der Waals surface area contributed by atoms with Crippen molar-refractivity contribution < 1.29 is 9.18 Å². The Hall–Kier alpha value is -1.43. The molecule has 0 bridgehead atoms. The van der Waals surface area contributed by atoms with Gasteiger partial charge in [-0.2, -0.15) is 0 Å². The Bertz CT molecular complexity index is 711. The van der Waals surface area contributed by atoms with Crippen molar-refractivity contribution >= 4 is 39.1 Å². The monoisotopic (exact) mass is 398 g/mol. The first-order valence-electron chi connectivity index (χ1n) is 7.15. The summed E-state index contributed by atoms with van der Waals surface area (Å²) >= 11 is 9.33. The lowest BCUT2D eigenvalue weighted by atomic mass is 10.1. The zero-order chi connectivity index (χ0) is 17.0. The number of amides is 1. The number of anilines is 1. The summed E-state index contributed by atoms with van der Waals surface area (Å²) in [6, 6.07) is 11.3. The Morgan fingerprint density at radius 3 is 2.57 bits per heavy atom. The van der Waals surface area contributed by atoms with Crippen molar-refractivity contribution in [3.05, 3.63) is 63.3 Å². The van der Waals surface area contributed by atoms with Crippen molar-refractivity contribution in [2.24, 2.45) is 0 Å². The molecule has 0 saturated carbocycles. The van der Waals surface area contributed by atoms with Crippen LogP contribution in [0, 0.1) is 5.82 Å². The number of carbonyl (C=O) groups is 1. The zero-order valence-electron chi connectivity index (χ0n) is 12.7. The fourth-order valence-electron chi connectivity index (χ4n) is 2.20. The van der Waals surface area contributed by atoms with Crippen LogP contribution in [0.3, 0.4) is 0 Å². The second kappa shape index (κ2) is 7.90. The number of benzene rings is 2. The molecule has 0 aromatic heterocycles. The summed E-state index contributed by atoms with van der Waals surface area (Å²) in [4.78, 5) is 12.2. The molecule has 3 nitrogen and oxygen atoms in total. The van der Waals surface area contributed by atoms with E-state index in [2.05, 4.69) is 26.6 Å². The molecule has 0 heterocycles. The quantitative estimate of drug-likeness (QED) is 0.749. The van der Waals surface area contributed by atoms with Crippen LogP contribution in [0.2, 0.25) is 5.02 Å². The minimum atomic E-state index is -0.510. The van der Waals surface area contributed by atoms with Crippen LogP contribution in [0.25, 0.3) is 0 Å². The lowest BCUT2D eigenvalue weighted by molar-refractivity contribution is -0.118. The topological polar surface area (TPSA) is 41.1 Å². The van der Waals surface area contributed by atoms with E-state index in [1.807, 2.05) is 25.1 Å². The Morgan fingerprint density at radius 1 is 1.22 bits per heavy atom. The third-order valence-corrected chi connectivity index (χ3v) is 4.29. The van der Waals surface area contributed by atoms with Gasteiger partial charge in [-0.1, -0.05) is 45.7 Å². The first-order valence-corrected chi connectivity index (χ1v) is 8.32. The van der Waals surface area contributed by atoms with Crippen LogP contribution in [-0.4, -0.2) is 11.9 Å². The Balaban J connectivity index is 2.01. The molecule has 0 aliphatic heterocycles. The highest BCUT2D eigenvalue weighted by atomic mass is 79.9. The van der Waals surface area contributed by atoms with Crippen molar-refractivity contribution in [1.29, 1.82) is 0 Å². The molecule has 2 rings (SSSR count). The number of hydrogen-bond acceptors (Lipinski definition) is 2. The maximum absolute atomic E-state index is 13.8. The van der Waals surface area contributed by atoms with Crippen molar-refractivity contribution in [2.45, 2.75) is 25.9 Å². The van der Waals surface area contributed by atoms with Gasteiger partial charge in [0.25, 0.3) is 0 Å². The van der Waals surface area contributed by atoms with Crippen LogP contribution >= 0.6 is 27.5 Å². The molecular weight excluding hydrogens is 383 g/mol. The van der Waals surface area contributed by atoms with E-state index in [9.17, 15) is 9.18 Å². The maximum atomic E-state index is 13.8. The summed E-state index contributed by atoms with van der Waals surface area (Å²) in [6.07, 6.45) is 0. The van der Waals surface area contributed by atoms with Crippen molar-refractivity contribution in [2.75, 3.05) is 5.32 Å². The molecule has 2 aromatic rings. The highest BCUT2D eigenvalue weighted by Crippen LogP contribution is 2.23. The van der Waals surface area contributed by atoms with Crippen LogP contribution in [-0.2, 0) is 4.79 Å². The molecule has 122 valence electrons. The third-order valence-electron chi connectivity index (χ3n) is 3.45. The van der Waals surface area contributed by atoms with Crippen molar-refractivity contribution in [1.82, 2.24) is 5.32 Å². The van der Waals surface area contributed by atoms with E-state index in [0.29, 0.717) is 9.50 Å². The average molecular weight is 400 g/mol. The van der Waals surface area contributed by atoms with Gasteiger partial charge < -0.3 is 5.32 Å². The first-order chi connectivity index (χ1) is 10.9. The van der Waals surface area contributed by atoms with Crippen LogP contribution in [0.4, 0.5) is 10.1 Å². The van der Waals surface area contributed by atoms with Crippen molar-refractivity contribution in [3.63, 3.8) is 0 Å². The fraction of sp³-hybridized carbons (Fsp3) is 0.235. The molecule has 1 amide bonds. The van der Waals surface area contributed by atoms with Gasteiger partial charge in [-0.15, -0.1) is 0 Å². The first kappa shape index (κ1) is 17.9. The number of rotatable bonds is 5. The third kappa shape index (κ3) is 4.77. The predicted molar refractivity (Wildman–Crippen MR) is 95.2 cm³/mol. The van der Waals surface area contributed by atoms with Gasteiger partial charge in [0.2, 0.25) is 5.91 Å². The van der Waals surface area contributed by atoms with E-state index in [4.69, 9.17) is 11.6 Å². The van der Waals surface area contributed by atoms with Crippen LogP contribution in [0.1, 0.15) is 25.5 Å². The maximum Gasteiger partial charge on any atom is 0.241 e. The number of hydrogen-bond donors (Lipinski definition) is 2. The molecule has 2 aromatic carbocycles. The minimum absolute atomic E-state index is 0.112. The molecule has 0 saturated heterocycles. The van der Waals surface area contributed by atoms with Gasteiger partial charge in [-0.25, -0.2) is 4.39 Å². The van der Waals surface area contributed by atoms with Gasteiger partial charge in [0.15, 0.2) is 0 Å². The lowest BCUT2D eigenvalue weighted by Crippen LogP contribution is -2.39. The highest BCUT2D eigenvalue weighted by molar-refractivity contribution is 9.10. The molecule has 0 radical (unpaired) electrons. The SMILES string of the molecule is CC(NC(C)c1ccccc1Cl)C(=O)Nc1ccc(Br)cc1F. The van der Waals surface area contributed by atoms with Crippen LogP contribution < -0.4 is 10.6 Å². The van der Waals surface area contributed by atoms with Gasteiger partial charge in [0.05, 0.1) is 11.7 Å². The van der Waals surface area contributed by atoms with Gasteiger partial charge in [0.1, 0.15) is 5.82 Å². The highest BCUT2D eigenvalue weighted by Gasteiger charge is 2.18. The molecule has 2 unspecified atom stereocenters. The second-order valence-corrected chi connectivity index (χ2v) is 6.57. The molecule has 0 aliphatic carbocycles. The molecule has 2 atom stereocenters. The Morgan fingerprint density at radius 2 is 1.91 bits per heavy atom. The molecular formula is C17H17BrClFN2O. The van der Waals surface area contributed by atoms with Gasteiger partial charge in [0, 0.05) is 15.5 Å². The summed E-state index contributed by atoms with van der Waals surface area (Å²) in [5.74, 6) is -0.802. The van der Waals surface area contributed by atoms with E-state index < -0.39 is 11.9 Å². The van der Waals surface area contributed by atoms with E-state index in [1.54, 1.807) is 19.1 Å². The second-order valence-electron chi connectivity index (χ2n) is 5.24. The van der Waals surface area contributed by atoms with Gasteiger partial charge in [-0.05, 0) is 43.7 Å². The predicted octanol–water partition coefficient (Wildman–Crippen LogP) is 4.92. The molecule has 0 spiro atoms. The fourth-order valence-corrected chi connectivity index (χ4v) is 2.83. The zero-order valence-corrected chi connectivity index (χ0v) is 15.1. The molecule has 23 heavy (non-hydrogen) atoms. The van der Waals surface area contributed by atoms with Crippen LogP contribution in [0.15, 0.2) is 46.9 Å². The number of halogens is 3. The molecule has 6 heteroatoms. The van der Waals surface area contributed by atoms with Gasteiger partial charge in [-0.3, -0.25) is 10.1 Å². The standard InChI is InChI=1S/C17H17BrClFN2O/c1-10(13-5-3-4-6-14(13)19)21-11(2)17(23)22-16-8-7-12(18)9-15(16)20/h3-11,21H,1-2H3,(H,22,23). The molecule has 0 fully saturated rings. The van der Waals surface area contributed by atoms with E-state index in [1.165, 1.54) is 12.1 Å². The summed E-state index contributed by atoms with van der Waals surface area (Å²) < 4.78 is 14.4. The molecule has 2 N–H and O–H groups in total. The normalized spacial score (nSPS) is 13.4. The summed E-state index contributed by atoms with van der Waals surface area (Å²) in [5, 5.41) is 6.38.